The van der Waals surface area contributed by atoms with E-state index in [9.17, 15) is 4.79 Å². The molecule has 0 atom stereocenters. The van der Waals surface area contributed by atoms with Gasteiger partial charge in [0.15, 0.2) is 29.1 Å². The number of ketones is 1. The lowest BCUT2D eigenvalue weighted by atomic mass is 9.95. The topological polar surface area (TPSA) is 126 Å². The van der Waals surface area contributed by atoms with E-state index >= 15 is 0 Å². The van der Waals surface area contributed by atoms with Crippen LogP contribution in [-0.4, -0.2) is 45.7 Å². The van der Waals surface area contributed by atoms with Gasteiger partial charge >= 0.3 is 0 Å². The summed E-state index contributed by atoms with van der Waals surface area (Å²) in [6.07, 6.45) is 0. The minimum Gasteiger partial charge on any atom is -0.324 e. The molecule has 3 aromatic heterocycles. The van der Waals surface area contributed by atoms with Crippen LogP contribution >= 0.6 is 0 Å². The molecule has 0 radical (unpaired) electrons. The van der Waals surface area contributed by atoms with Crippen LogP contribution in [0.5, 0.6) is 0 Å². The number of carbonyl (C=O) groups excluding carboxylic acids is 1. The molecule has 9 nitrogen and oxygen atoms in total. The Bertz CT molecular complexity index is 3170. The highest BCUT2D eigenvalue weighted by atomic mass is 16.1. The molecular formula is C43H24N8O. The van der Waals surface area contributed by atoms with Crippen molar-refractivity contribution in [1.82, 2.24) is 39.9 Å². The van der Waals surface area contributed by atoms with E-state index in [1.807, 2.05) is 133 Å². The molecule has 52 heavy (non-hydrogen) atoms. The maximum atomic E-state index is 14.6. The van der Waals surface area contributed by atoms with Crippen molar-refractivity contribution in [3.63, 3.8) is 0 Å². The number of hydrogen-bond donors (Lipinski definition) is 2. The molecule has 0 saturated heterocycles. The normalized spacial score (nSPS) is 11.9. The van der Waals surface area contributed by atoms with Gasteiger partial charge in [-0.3, -0.25) is 4.79 Å². The van der Waals surface area contributed by atoms with E-state index in [0.29, 0.717) is 62.4 Å². The van der Waals surface area contributed by atoms with Gasteiger partial charge in [-0.25, -0.2) is 29.9 Å². The summed E-state index contributed by atoms with van der Waals surface area (Å²) in [7, 11) is 0. The van der Waals surface area contributed by atoms with Gasteiger partial charge in [-0.15, -0.1) is 0 Å². The highest BCUT2D eigenvalue weighted by Crippen LogP contribution is 2.37. The van der Waals surface area contributed by atoms with Crippen LogP contribution in [0.25, 0.3) is 100 Å². The Labute approximate surface area is 294 Å². The summed E-state index contributed by atoms with van der Waals surface area (Å²) in [5, 5.41) is 5.09. The molecule has 5 heterocycles. The molecule has 8 bridgehead atoms. The molecule has 2 aliphatic rings. The van der Waals surface area contributed by atoms with Crippen molar-refractivity contribution in [1.29, 1.82) is 0 Å². The fourth-order valence-corrected chi connectivity index (χ4v) is 7.45. The zero-order valence-corrected chi connectivity index (χ0v) is 27.3. The van der Waals surface area contributed by atoms with Gasteiger partial charge in [0.05, 0.1) is 0 Å². The van der Waals surface area contributed by atoms with E-state index in [-0.39, 0.29) is 5.78 Å². The number of rotatable bonds is 2. The molecule has 242 valence electrons. The summed E-state index contributed by atoms with van der Waals surface area (Å²) < 4.78 is 0. The molecule has 11 rings (SSSR count). The lowest BCUT2D eigenvalue weighted by molar-refractivity contribution is 0.104. The predicted octanol–water partition coefficient (Wildman–Crippen LogP) is 9.25. The second kappa shape index (κ2) is 10.8. The van der Waals surface area contributed by atoms with E-state index in [1.165, 1.54) is 0 Å². The minimum atomic E-state index is -0.113. The molecule has 2 N–H and O–H groups in total. The van der Waals surface area contributed by atoms with E-state index in [1.54, 1.807) is 0 Å². The van der Waals surface area contributed by atoms with Crippen LogP contribution in [0, 0.1) is 0 Å². The average Bonchev–Trinajstić information content (AvgIpc) is 3.93. The highest BCUT2D eigenvalue weighted by molar-refractivity contribution is 6.25. The summed E-state index contributed by atoms with van der Waals surface area (Å²) in [5.41, 5.74) is 6.78. The first kappa shape index (κ1) is 28.4. The average molecular weight is 669 g/mol. The smallest absolute Gasteiger partial charge is 0.194 e. The Balaban J connectivity index is 1.30. The van der Waals surface area contributed by atoms with Gasteiger partial charge in [-0.2, -0.15) is 0 Å². The molecule has 0 unspecified atom stereocenters. The van der Waals surface area contributed by atoms with Crippen LogP contribution in [0.2, 0.25) is 0 Å². The van der Waals surface area contributed by atoms with Crippen LogP contribution in [0.15, 0.2) is 133 Å². The molecule has 0 spiro atoms. The van der Waals surface area contributed by atoms with Crippen LogP contribution in [-0.2, 0) is 0 Å². The largest absolute Gasteiger partial charge is 0.324 e. The van der Waals surface area contributed by atoms with Crippen LogP contribution in [0.1, 0.15) is 15.9 Å². The van der Waals surface area contributed by atoms with Crippen molar-refractivity contribution in [2.75, 3.05) is 0 Å². The molecule has 2 aliphatic heterocycles. The molecule has 0 amide bonds. The van der Waals surface area contributed by atoms with Crippen LogP contribution in [0.4, 0.5) is 0 Å². The maximum absolute atomic E-state index is 14.6. The maximum Gasteiger partial charge on any atom is 0.194 e. The number of benzene rings is 6. The first-order valence-electron chi connectivity index (χ1n) is 16.9. The quantitative estimate of drug-likeness (QED) is 0.176. The molecular weight excluding hydrogens is 645 g/mol. The lowest BCUT2D eigenvalue weighted by Crippen LogP contribution is -2.03. The van der Waals surface area contributed by atoms with Crippen molar-refractivity contribution >= 4 is 60.7 Å². The van der Waals surface area contributed by atoms with Crippen molar-refractivity contribution in [2.24, 2.45) is 0 Å². The first-order valence-corrected chi connectivity index (χ1v) is 16.9. The lowest BCUT2D eigenvalue weighted by Gasteiger charge is -2.07. The number of aromatic amines is 2. The van der Waals surface area contributed by atoms with Crippen molar-refractivity contribution in [3.8, 4) is 45.6 Å². The van der Waals surface area contributed by atoms with Gasteiger partial charge in [0.25, 0.3) is 0 Å². The summed E-state index contributed by atoms with van der Waals surface area (Å²) in [5.74, 6) is 1.92. The highest BCUT2D eigenvalue weighted by Gasteiger charge is 2.24. The van der Waals surface area contributed by atoms with Gasteiger partial charge < -0.3 is 9.97 Å². The van der Waals surface area contributed by atoms with E-state index in [0.717, 1.165) is 49.2 Å². The van der Waals surface area contributed by atoms with Gasteiger partial charge in [-0.05, 0) is 10.8 Å². The predicted molar refractivity (Wildman–Crippen MR) is 203 cm³/mol. The van der Waals surface area contributed by atoms with E-state index in [4.69, 9.17) is 29.9 Å². The Hall–Kier alpha value is -7.39. The minimum absolute atomic E-state index is 0.113. The number of carbonyl (C=O) groups is 1. The summed E-state index contributed by atoms with van der Waals surface area (Å²) in [6, 6.07) is 43.3. The van der Waals surface area contributed by atoms with Gasteiger partial charge in [-0.1, -0.05) is 133 Å². The Morgan fingerprint density at radius 2 is 0.769 bits per heavy atom. The summed E-state index contributed by atoms with van der Waals surface area (Å²) in [6.45, 7) is 0. The van der Waals surface area contributed by atoms with Gasteiger partial charge in [0.1, 0.15) is 22.6 Å². The SMILES string of the molecule is O=C(c1cccc2ccccc12)c1cccc2c3nc4nc(nc5[nH]c(nc6nc(nc([nH]3)c12)-c1ccccc1-6)c1ccccc51)-c1ccccc1-4. The zero-order valence-electron chi connectivity index (χ0n) is 27.3. The Morgan fingerprint density at radius 3 is 1.37 bits per heavy atom. The first-order chi connectivity index (χ1) is 25.7. The van der Waals surface area contributed by atoms with Gasteiger partial charge in [0.2, 0.25) is 0 Å². The summed E-state index contributed by atoms with van der Waals surface area (Å²) >= 11 is 0. The van der Waals surface area contributed by atoms with E-state index < -0.39 is 0 Å². The van der Waals surface area contributed by atoms with E-state index in [2.05, 4.69) is 9.97 Å². The summed E-state index contributed by atoms with van der Waals surface area (Å²) in [4.78, 5) is 51.9. The van der Waals surface area contributed by atoms with Crippen LogP contribution in [0.3, 0.4) is 0 Å². The number of hydrogen-bond acceptors (Lipinski definition) is 7. The Morgan fingerprint density at radius 1 is 0.365 bits per heavy atom. The van der Waals surface area contributed by atoms with Gasteiger partial charge in [0, 0.05) is 54.9 Å². The second-order valence-electron chi connectivity index (χ2n) is 12.8. The Kier molecular flexibility index (Phi) is 5.91. The molecule has 0 aliphatic carbocycles. The monoisotopic (exact) mass is 668 g/mol. The number of fused-ring (bicyclic) bond motifs is 21. The van der Waals surface area contributed by atoms with Crippen molar-refractivity contribution < 1.29 is 4.79 Å². The molecule has 0 saturated carbocycles. The fourth-order valence-electron chi connectivity index (χ4n) is 7.45. The number of H-pyrrole nitrogens is 2. The zero-order chi connectivity index (χ0) is 34.3. The third-order valence-electron chi connectivity index (χ3n) is 9.86. The fraction of sp³-hybridized carbons (Fsp3) is 0. The number of nitrogens with one attached hydrogen (secondary N) is 2. The number of nitrogens with zero attached hydrogens (tertiary/aromatic N) is 6. The number of aromatic nitrogens is 8. The third-order valence-corrected chi connectivity index (χ3v) is 9.86. The standard InChI is InChI=1S/C43H24N8O/c52-35(25-20-9-12-23-11-1-2-13-24(23)25)32-21-10-22-33-34(32)43-50-41-31-19-8-7-18-30(31)39(48-41)46-37-27-15-4-3-14-26(27)36(44-37)45-38-28-16-5-6-17-29(28)40(47-38)49-42(33)51-43/h1-22H,(H2,44,45,46,47,48,49,50,51). The van der Waals surface area contributed by atoms with Crippen molar-refractivity contribution in [3.05, 3.63) is 145 Å². The molecule has 0 fully saturated rings. The molecule has 9 heteroatoms. The third kappa shape index (κ3) is 4.20. The van der Waals surface area contributed by atoms with Crippen molar-refractivity contribution in [2.45, 2.75) is 0 Å². The molecule has 6 aromatic carbocycles. The molecule has 9 aromatic rings. The van der Waals surface area contributed by atoms with Crippen LogP contribution < -0.4 is 0 Å². The second-order valence-corrected chi connectivity index (χ2v) is 12.8.